The fourth-order valence-corrected chi connectivity index (χ4v) is 1.69. The van der Waals surface area contributed by atoms with Gasteiger partial charge in [-0.3, -0.25) is 4.79 Å². The molecule has 0 unspecified atom stereocenters. The average Bonchev–Trinajstić information content (AvgIpc) is 2.40. The Labute approximate surface area is 103 Å². The summed E-state index contributed by atoms with van der Waals surface area (Å²) in [5.41, 5.74) is 0.585. The van der Waals surface area contributed by atoms with Gasteiger partial charge in [0.1, 0.15) is 5.82 Å². The fraction of sp³-hybridized carbons (Fsp3) is 0.0714. The van der Waals surface area contributed by atoms with E-state index in [9.17, 15) is 13.6 Å². The first kappa shape index (κ1) is 12.2. The summed E-state index contributed by atoms with van der Waals surface area (Å²) in [6.45, 7) is 0. The zero-order chi connectivity index (χ0) is 13.1. The molecule has 0 saturated carbocycles. The highest BCUT2D eigenvalue weighted by atomic mass is 19.1. The van der Waals surface area contributed by atoms with Crippen molar-refractivity contribution in [2.24, 2.45) is 0 Å². The lowest BCUT2D eigenvalue weighted by Crippen LogP contribution is -1.93. The summed E-state index contributed by atoms with van der Waals surface area (Å²) in [5, 5.41) is 0. The molecule has 2 aromatic rings. The molecule has 0 aromatic heterocycles. The summed E-state index contributed by atoms with van der Waals surface area (Å²) in [6, 6.07) is 8.52. The molecule has 0 radical (unpaired) electrons. The van der Waals surface area contributed by atoms with E-state index in [2.05, 4.69) is 0 Å². The van der Waals surface area contributed by atoms with Crippen LogP contribution >= 0.6 is 0 Å². The van der Waals surface area contributed by atoms with Gasteiger partial charge < -0.3 is 4.74 Å². The molecule has 0 spiro atoms. The van der Waals surface area contributed by atoms with E-state index in [1.165, 1.54) is 25.3 Å². The van der Waals surface area contributed by atoms with Crippen molar-refractivity contribution in [2.75, 3.05) is 7.11 Å². The molecule has 0 aliphatic carbocycles. The van der Waals surface area contributed by atoms with Crippen molar-refractivity contribution in [1.29, 1.82) is 0 Å². The Kier molecular flexibility index (Phi) is 3.37. The second-order valence-corrected chi connectivity index (χ2v) is 3.68. The van der Waals surface area contributed by atoms with Crippen LogP contribution in [0.4, 0.5) is 8.78 Å². The van der Waals surface area contributed by atoms with Gasteiger partial charge in [0.05, 0.1) is 12.7 Å². The van der Waals surface area contributed by atoms with E-state index in [4.69, 9.17) is 4.74 Å². The topological polar surface area (TPSA) is 26.3 Å². The summed E-state index contributed by atoms with van der Waals surface area (Å²) in [6.07, 6.45) is 0.400. The van der Waals surface area contributed by atoms with E-state index in [1.807, 2.05) is 0 Å². The van der Waals surface area contributed by atoms with E-state index in [0.717, 1.165) is 6.07 Å². The number of rotatable bonds is 3. The van der Waals surface area contributed by atoms with E-state index in [1.54, 1.807) is 12.1 Å². The number of carbonyl (C=O) groups excluding carboxylic acids is 1. The molecule has 0 aliphatic rings. The van der Waals surface area contributed by atoms with Crippen molar-refractivity contribution in [1.82, 2.24) is 0 Å². The molecular weight excluding hydrogens is 238 g/mol. The molecule has 2 rings (SSSR count). The predicted octanol–water partition coefficient (Wildman–Crippen LogP) is 3.45. The maximum atomic E-state index is 14.0. The van der Waals surface area contributed by atoms with Crippen LogP contribution in [0.2, 0.25) is 0 Å². The van der Waals surface area contributed by atoms with Crippen LogP contribution in [0.5, 0.6) is 5.75 Å². The lowest BCUT2D eigenvalue weighted by molar-refractivity contribution is 0.112. The normalized spacial score (nSPS) is 10.2. The van der Waals surface area contributed by atoms with Crippen LogP contribution in [-0.2, 0) is 0 Å². The molecule has 2 aromatic carbocycles. The Morgan fingerprint density at radius 3 is 2.61 bits per heavy atom. The highest BCUT2D eigenvalue weighted by molar-refractivity contribution is 5.79. The summed E-state index contributed by atoms with van der Waals surface area (Å²) in [5.74, 6) is -1.06. The molecule has 0 bridgehead atoms. The largest absolute Gasteiger partial charge is 0.494 e. The molecule has 0 N–H and O–H groups in total. The summed E-state index contributed by atoms with van der Waals surface area (Å²) < 4.78 is 32.0. The maximum absolute atomic E-state index is 14.0. The third-order valence-corrected chi connectivity index (χ3v) is 2.62. The van der Waals surface area contributed by atoms with Gasteiger partial charge in [0, 0.05) is 5.56 Å². The van der Waals surface area contributed by atoms with E-state index >= 15 is 0 Å². The Morgan fingerprint density at radius 1 is 1.17 bits per heavy atom. The lowest BCUT2D eigenvalue weighted by atomic mass is 10.0. The Hall–Kier alpha value is -2.23. The van der Waals surface area contributed by atoms with E-state index < -0.39 is 11.6 Å². The van der Waals surface area contributed by atoms with Gasteiger partial charge in [0.15, 0.2) is 17.9 Å². The van der Waals surface area contributed by atoms with Crippen LogP contribution in [0, 0.1) is 11.6 Å². The molecule has 0 amide bonds. The predicted molar refractivity (Wildman–Crippen MR) is 63.7 cm³/mol. The highest BCUT2D eigenvalue weighted by Gasteiger charge is 2.11. The molecule has 0 aliphatic heterocycles. The minimum absolute atomic E-state index is 0.101. The van der Waals surface area contributed by atoms with Crippen molar-refractivity contribution in [3.05, 3.63) is 53.6 Å². The smallest absolute Gasteiger partial charge is 0.172 e. The Balaban J connectivity index is 2.58. The molecule has 92 valence electrons. The van der Waals surface area contributed by atoms with Crippen molar-refractivity contribution in [3.8, 4) is 16.9 Å². The first-order valence-electron chi connectivity index (χ1n) is 5.25. The van der Waals surface area contributed by atoms with Gasteiger partial charge in [-0.15, -0.1) is 0 Å². The van der Waals surface area contributed by atoms with Crippen LogP contribution in [0.3, 0.4) is 0 Å². The second-order valence-electron chi connectivity index (χ2n) is 3.68. The van der Waals surface area contributed by atoms with Crippen LogP contribution < -0.4 is 4.74 Å². The maximum Gasteiger partial charge on any atom is 0.172 e. The highest BCUT2D eigenvalue weighted by Crippen LogP contribution is 2.29. The van der Waals surface area contributed by atoms with E-state index in [0.29, 0.717) is 11.8 Å². The number of ether oxygens (including phenoxy) is 1. The minimum atomic E-state index is -0.628. The number of hydrogen-bond acceptors (Lipinski definition) is 2. The van der Waals surface area contributed by atoms with Gasteiger partial charge in [-0.2, -0.15) is 0 Å². The molecule has 4 heteroatoms. The first-order chi connectivity index (χ1) is 8.67. The van der Waals surface area contributed by atoms with Crippen LogP contribution in [0.1, 0.15) is 10.4 Å². The summed E-state index contributed by atoms with van der Waals surface area (Å²) in [4.78, 5) is 10.7. The number of methoxy groups -OCH3 is 1. The molecule has 0 fully saturated rings. The van der Waals surface area contributed by atoms with E-state index in [-0.39, 0.29) is 16.9 Å². The van der Waals surface area contributed by atoms with Gasteiger partial charge >= 0.3 is 0 Å². The fourth-order valence-electron chi connectivity index (χ4n) is 1.69. The Morgan fingerprint density at radius 2 is 1.94 bits per heavy atom. The zero-order valence-electron chi connectivity index (χ0n) is 9.61. The van der Waals surface area contributed by atoms with Crippen molar-refractivity contribution in [3.63, 3.8) is 0 Å². The third kappa shape index (κ3) is 2.09. The van der Waals surface area contributed by atoms with Crippen LogP contribution in [0.25, 0.3) is 11.1 Å². The van der Waals surface area contributed by atoms with Crippen LogP contribution in [0.15, 0.2) is 36.4 Å². The zero-order valence-corrected chi connectivity index (χ0v) is 9.61. The van der Waals surface area contributed by atoms with Gasteiger partial charge in [0.25, 0.3) is 0 Å². The molecule has 2 nitrogen and oxygen atoms in total. The third-order valence-electron chi connectivity index (χ3n) is 2.62. The lowest BCUT2D eigenvalue weighted by Gasteiger charge is -2.08. The molecular formula is C14H10F2O2. The van der Waals surface area contributed by atoms with Crippen molar-refractivity contribution in [2.45, 2.75) is 0 Å². The standard InChI is InChI=1S/C14H10F2O2/c1-18-13-4-2-3-11(14(13)16)9-5-6-12(15)10(7-9)8-17/h2-8H,1H3. The summed E-state index contributed by atoms with van der Waals surface area (Å²) in [7, 11) is 1.36. The molecule has 0 atom stereocenters. The molecule has 0 heterocycles. The monoisotopic (exact) mass is 248 g/mol. The Bertz CT molecular complexity index is 594. The first-order valence-corrected chi connectivity index (χ1v) is 5.25. The number of benzene rings is 2. The molecule has 18 heavy (non-hydrogen) atoms. The van der Waals surface area contributed by atoms with Gasteiger partial charge in [0.2, 0.25) is 0 Å². The number of hydrogen-bond donors (Lipinski definition) is 0. The number of aldehydes is 1. The average molecular weight is 248 g/mol. The summed E-state index contributed by atoms with van der Waals surface area (Å²) >= 11 is 0. The second kappa shape index (κ2) is 4.96. The number of carbonyl (C=O) groups is 1. The quantitative estimate of drug-likeness (QED) is 0.777. The minimum Gasteiger partial charge on any atom is -0.494 e. The number of halogens is 2. The van der Waals surface area contributed by atoms with Crippen LogP contribution in [-0.4, -0.2) is 13.4 Å². The van der Waals surface area contributed by atoms with Gasteiger partial charge in [-0.05, 0) is 23.8 Å². The van der Waals surface area contributed by atoms with Gasteiger partial charge in [-0.25, -0.2) is 8.78 Å². The van der Waals surface area contributed by atoms with Gasteiger partial charge in [-0.1, -0.05) is 18.2 Å². The molecule has 0 saturated heterocycles. The van der Waals surface area contributed by atoms with Crippen molar-refractivity contribution >= 4 is 6.29 Å². The SMILES string of the molecule is COc1cccc(-c2ccc(F)c(C=O)c2)c1F. The van der Waals surface area contributed by atoms with Crippen molar-refractivity contribution < 1.29 is 18.3 Å².